The van der Waals surface area contributed by atoms with Crippen molar-refractivity contribution in [1.82, 2.24) is 0 Å². The zero-order valence-electron chi connectivity index (χ0n) is 7.92. The maximum Gasteiger partial charge on any atom is -0.0222 e. The zero-order valence-corrected chi connectivity index (χ0v) is 10.3. The molecular weight excluding hydrogens is 247 g/mol. The van der Waals surface area contributed by atoms with Gasteiger partial charge >= 0.3 is 0 Å². The Morgan fingerprint density at radius 1 is 1.36 bits per heavy atom. The largest absolute Gasteiger partial charge is 0.107 e. The Morgan fingerprint density at radius 3 is 2.18 bits per heavy atom. The maximum atomic E-state index is 2.24. The van der Waals surface area contributed by atoms with Crippen molar-refractivity contribution in [3.8, 4) is 0 Å². The van der Waals surface area contributed by atoms with E-state index >= 15 is 0 Å². The molecule has 11 heavy (non-hydrogen) atoms. The van der Waals surface area contributed by atoms with Crippen LogP contribution in [0.1, 0.15) is 34.1 Å². The number of halogens is 1. The van der Waals surface area contributed by atoms with Crippen LogP contribution in [0.2, 0.25) is 0 Å². The maximum absolute atomic E-state index is 2.24. The summed E-state index contributed by atoms with van der Waals surface area (Å²) in [5, 5.41) is 0. The predicted molar refractivity (Wildman–Crippen MR) is 63.4 cm³/mol. The lowest BCUT2D eigenvalue weighted by molar-refractivity contribution is 0.707. The first-order chi connectivity index (χ1) is 4.79. The van der Waals surface area contributed by atoms with Crippen LogP contribution in [0, 0.1) is 5.92 Å². The van der Waals surface area contributed by atoms with Crippen LogP contribution >= 0.6 is 24.0 Å². The highest BCUT2D eigenvalue weighted by atomic mass is 127. The lowest BCUT2D eigenvalue weighted by Crippen LogP contribution is -1.93. The van der Waals surface area contributed by atoms with E-state index in [1.807, 2.05) is 13.8 Å². The van der Waals surface area contributed by atoms with Gasteiger partial charge in [0.25, 0.3) is 0 Å². The van der Waals surface area contributed by atoms with Crippen molar-refractivity contribution in [2.75, 3.05) is 0 Å². The molecule has 0 saturated heterocycles. The third-order valence-corrected chi connectivity index (χ3v) is 1.46. The normalized spacial score (nSPS) is 20.7. The van der Waals surface area contributed by atoms with Gasteiger partial charge in [-0.15, -0.1) is 24.0 Å². The molecule has 0 heterocycles. The highest BCUT2D eigenvalue weighted by molar-refractivity contribution is 14.0. The Kier molecular flexibility index (Phi) is 10.4. The van der Waals surface area contributed by atoms with E-state index < -0.39 is 0 Å². The Labute approximate surface area is 87.8 Å². The fourth-order valence-electron chi connectivity index (χ4n) is 1.05. The smallest absolute Gasteiger partial charge is 0.0222 e. The first-order valence-electron chi connectivity index (χ1n) is 4.13. The van der Waals surface area contributed by atoms with Gasteiger partial charge in [-0.05, 0) is 19.3 Å². The number of hydrogen-bond donors (Lipinski definition) is 0. The van der Waals surface area contributed by atoms with Crippen molar-refractivity contribution >= 4 is 24.0 Å². The van der Waals surface area contributed by atoms with Crippen LogP contribution in [0.3, 0.4) is 0 Å². The predicted octanol–water partition coefficient (Wildman–Crippen LogP) is 4.17. The standard InChI is InChI=1S/C8H12.C2H6.HI/c1-7-4-3-5-8(2)6-7;1-2;/h3-5,7H,6H2,1-2H3;1-2H3;1H. The summed E-state index contributed by atoms with van der Waals surface area (Å²) in [5.41, 5.74) is 1.50. The molecule has 0 aromatic heterocycles. The van der Waals surface area contributed by atoms with E-state index in [-0.39, 0.29) is 24.0 Å². The van der Waals surface area contributed by atoms with Crippen LogP contribution in [-0.2, 0) is 0 Å². The monoisotopic (exact) mass is 266 g/mol. The fraction of sp³-hybridized carbons (Fsp3) is 0.600. The molecule has 0 N–H and O–H groups in total. The van der Waals surface area contributed by atoms with Gasteiger partial charge in [0, 0.05) is 0 Å². The van der Waals surface area contributed by atoms with Gasteiger partial charge in [-0.2, -0.15) is 0 Å². The van der Waals surface area contributed by atoms with Crippen LogP contribution in [-0.4, -0.2) is 0 Å². The Hall–Kier alpha value is 0.210. The molecule has 0 bridgehead atoms. The van der Waals surface area contributed by atoms with Gasteiger partial charge in [0.15, 0.2) is 0 Å². The molecule has 0 fully saturated rings. The quantitative estimate of drug-likeness (QED) is 0.577. The molecule has 0 aromatic rings. The molecule has 1 aliphatic carbocycles. The molecule has 0 aromatic carbocycles. The lowest BCUT2D eigenvalue weighted by Gasteiger charge is -2.08. The Balaban J connectivity index is 0. The zero-order chi connectivity index (χ0) is 7.98. The minimum absolute atomic E-state index is 0. The average Bonchev–Trinajstić information content (AvgIpc) is 1.91. The first-order valence-corrected chi connectivity index (χ1v) is 4.13. The molecule has 1 unspecified atom stereocenters. The van der Waals surface area contributed by atoms with Crippen LogP contribution in [0.5, 0.6) is 0 Å². The molecule has 0 spiro atoms. The Morgan fingerprint density at radius 2 is 1.91 bits per heavy atom. The molecule has 1 atom stereocenters. The molecule has 1 aliphatic rings. The summed E-state index contributed by atoms with van der Waals surface area (Å²) in [5.74, 6) is 0.764. The van der Waals surface area contributed by atoms with Crippen molar-refractivity contribution < 1.29 is 0 Å². The number of rotatable bonds is 0. The molecule has 66 valence electrons. The van der Waals surface area contributed by atoms with E-state index in [1.165, 1.54) is 12.0 Å². The van der Waals surface area contributed by atoms with Gasteiger partial charge in [-0.3, -0.25) is 0 Å². The van der Waals surface area contributed by atoms with Crippen LogP contribution < -0.4 is 0 Å². The van der Waals surface area contributed by atoms with E-state index in [1.54, 1.807) is 0 Å². The van der Waals surface area contributed by atoms with Crippen LogP contribution in [0.4, 0.5) is 0 Å². The second-order valence-electron chi connectivity index (χ2n) is 2.58. The summed E-state index contributed by atoms with van der Waals surface area (Å²) in [6.45, 7) is 8.42. The van der Waals surface area contributed by atoms with Crippen LogP contribution in [0.25, 0.3) is 0 Å². The second-order valence-corrected chi connectivity index (χ2v) is 2.58. The molecular formula is C10H19I. The van der Waals surface area contributed by atoms with E-state index in [4.69, 9.17) is 0 Å². The van der Waals surface area contributed by atoms with Crippen LogP contribution in [0.15, 0.2) is 23.8 Å². The number of hydrogen-bond acceptors (Lipinski definition) is 0. The average molecular weight is 266 g/mol. The molecule has 0 amide bonds. The second kappa shape index (κ2) is 8.31. The summed E-state index contributed by atoms with van der Waals surface area (Å²) in [6.07, 6.45) is 7.81. The summed E-state index contributed by atoms with van der Waals surface area (Å²) in [6, 6.07) is 0. The summed E-state index contributed by atoms with van der Waals surface area (Å²) >= 11 is 0. The molecule has 0 nitrogen and oxygen atoms in total. The molecule has 0 aliphatic heterocycles. The van der Waals surface area contributed by atoms with E-state index in [0.29, 0.717) is 0 Å². The lowest BCUT2D eigenvalue weighted by atomic mass is 9.97. The van der Waals surface area contributed by atoms with E-state index in [2.05, 4.69) is 32.1 Å². The SMILES string of the molecule is CC.CC1=CC=CC(C)C1.I. The van der Waals surface area contributed by atoms with Gasteiger partial charge in [-0.1, -0.05) is 44.6 Å². The fourth-order valence-corrected chi connectivity index (χ4v) is 1.05. The van der Waals surface area contributed by atoms with Gasteiger partial charge in [0.2, 0.25) is 0 Å². The van der Waals surface area contributed by atoms with Crippen molar-refractivity contribution in [1.29, 1.82) is 0 Å². The van der Waals surface area contributed by atoms with Gasteiger partial charge in [0.1, 0.15) is 0 Å². The summed E-state index contributed by atoms with van der Waals surface area (Å²) < 4.78 is 0. The molecule has 0 radical (unpaired) electrons. The molecule has 0 saturated carbocycles. The van der Waals surface area contributed by atoms with Gasteiger partial charge in [0.05, 0.1) is 0 Å². The Bertz CT molecular complexity index is 134. The highest BCUT2D eigenvalue weighted by Gasteiger charge is 1.99. The minimum Gasteiger partial charge on any atom is -0.107 e. The number of allylic oxidation sites excluding steroid dienone is 4. The van der Waals surface area contributed by atoms with Crippen molar-refractivity contribution in [2.24, 2.45) is 5.92 Å². The minimum atomic E-state index is 0. The third-order valence-electron chi connectivity index (χ3n) is 1.46. The van der Waals surface area contributed by atoms with Crippen molar-refractivity contribution in [3.05, 3.63) is 23.8 Å². The van der Waals surface area contributed by atoms with Gasteiger partial charge in [-0.25, -0.2) is 0 Å². The van der Waals surface area contributed by atoms with Gasteiger partial charge < -0.3 is 0 Å². The first kappa shape index (κ1) is 13.8. The summed E-state index contributed by atoms with van der Waals surface area (Å²) in [4.78, 5) is 0. The van der Waals surface area contributed by atoms with Crippen molar-refractivity contribution in [3.63, 3.8) is 0 Å². The van der Waals surface area contributed by atoms with Crippen molar-refractivity contribution in [2.45, 2.75) is 34.1 Å². The topological polar surface area (TPSA) is 0 Å². The highest BCUT2D eigenvalue weighted by Crippen LogP contribution is 2.16. The molecule has 1 heteroatoms. The third kappa shape index (κ3) is 6.60. The van der Waals surface area contributed by atoms with E-state index in [9.17, 15) is 0 Å². The molecule has 1 rings (SSSR count). The summed E-state index contributed by atoms with van der Waals surface area (Å²) in [7, 11) is 0. The van der Waals surface area contributed by atoms with E-state index in [0.717, 1.165) is 5.92 Å².